The topological polar surface area (TPSA) is 56.3 Å². The molecule has 2 rings (SSSR count). The molecule has 8 heteroatoms. The summed E-state index contributed by atoms with van der Waals surface area (Å²) < 4.78 is 4.90. The van der Waals surface area contributed by atoms with Crippen molar-refractivity contribution in [2.24, 2.45) is 0 Å². The first-order valence-corrected chi connectivity index (χ1v) is 7.36. The highest BCUT2D eigenvalue weighted by Gasteiger charge is 2.16. The Bertz CT molecular complexity index is 749. The molecule has 22 heavy (non-hydrogen) atoms. The number of hydrogen-bond donors (Lipinski definition) is 0. The zero-order valence-electron chi connectivity index (χ0n) is 10.8. The van der Waals surface area contributed by atoms with E-state index in [1.54, 1.807) is 6.07 Å². The lowest BCUT2D eigenvalue weighted by Crippen LogP contribution is -2.15. The molecule has 0 radical (unpaired) electrons. The molecular formula is C14H7Cl4NO3. The molecule has 2 aromatic rings. The molecule has 0 unspecified atom stereocenters. The van der Waals surface area contributed by atoms with Gasteiger partial charge in [0.25, 0.3) is 0 Å². The maximum atomic E-state index is 12.0. The fourth-order valence-electron chi connectivity index (χ4n) is 1.54. The van der Waals surface area contributed by atoms with Crippen LogP contribution in [0.3, 0.4) is 0 Å². The van der Waals surface area contributed by atoms with Crippen LogP contribution in [0.4, 0.5) is 0 Å². The van der Waals surface area contributed by atoms with Crippen molar-refractivity contribution in [3.8, 4) is 0 Å². The van der Waals surface area contributed by atoms with Crippen LogP contribution < -0.4 is 0 Å². The molecular weight excluding hydrogens is 372 g/mol. The first-order valence-electron chi connectivity index (χ1n) is 5.85. The van der Waals surface area contributed by atoms with Gasteiger partial charge in [-0.05, 0) is 24.3 Å². The van der Waals surface area contributed by atoms with Gasteiger partial charge in [-0.3, -0.25) is 4.79 Å². The van der Waals surface area contributed by atoms with Crippen molar-refractivity contribution in [2.45, 2.75) is 0 Å². The van der Waals surface area contributed by atoms with Crippen LogP contribution in [0.5, 0.6) is 0 Å². The highest BCUT2D eigenvalue weighted by atomic mass is 35.5. The van der Waals surface area contributed by atoms with Crippen LogP contribution in [0.15, 0.2) is 30.5 Å². The van der Waals surface area contributed by atoms with Gasteiger partial charge >= 0.3 is 5.97 Å². The molecule has 0 aliphatic rings. The molecule has 0 N–H and O–H groups in total. The maximum absolute atomic E-state index is 12.0. The lowest BCUT2D eigenvalue weighted by Gasteiger charge is -2.06. The molecule has 1 aromatic heterocycles. The Morgan fingerprint density at radius 3 is 2.45 bits per heavy atom. The smallest absolute Gasteiger partial charge is 0.340 e. The SMILES string of the molecule is O=C(OCC(=O)c1cc(Cl)ccc1Cl)c1cnc(Cl)c(Cl)c1. The van der Waals surface area contributed by atoms with E-state index in [2.05, 4.69) is 4.98 Å². The third-order valence-corrected chi connectivity index (χ3v) is 3.85. The van der Waals surface area contributed by atoms with Crippen molar-refractivity contribution in [3.05, 3.63) is 61.8 Å². The van der Waals surface area contributed by atoms with Gasteiger partial charge in [-0.2, -0.15) is 0 Å². The second-order valence-electron chi connectivity index (χ2n) is 4.12. The van der Waals surface area contributed by atoms with Gasteiger partial charge in [-0.15, -0.1) is 0 Å². The van der Waals surface area contributed by atoms with Gasteiger partial charge in [-0.1, -0.05) is 46.4 Å². The number of benzene rings is 1. The Morgan fingerprint density at radius 1 is 1.05 bits per heavy atom. The number of aromatic nitrogens is 1. The number of hydrogen-bond acceptors (Lipinski definition) is 4. The van der Waals surface area contributed by atoms with Crippen LogP contribution in [0, 0.1) is 0 Å². The molecule has 0 saturated heterocycles. The van der Waals surface area contributed by atoms with Crippen molar-refractivity contribution in [2.75, 3.05) is 6.61 Å². The zero-order chi connectivity index (χ0) is 16.3. The molecule has 0 atom stereocenters. The zero-order valence-corrected chi connectivity index (χ0v) is 13.8. The normalized spacial score (nSPS) is 10.4. The molecule has 0 aliphatic carbocycles. The highest BCUT2D eigenvalue weighted by molar-refractivity contribution is 6.41. The van der Waals surface area contributed by atoms with Gasteiger partial charge in [0.1, 0.15) is 5.15 Å². The van der Waals surface area contributed by atoms with E-state index in [0.29, 0.717) is 5.02 Å². The second kappa shape index (κ2) is 7.29. The number of ether oxygens (including phenoxy) is 1. The standard InChI is InChI=1S/C14H7Cl4NO3/c15-8-1-2-10(16)9(4-8)12(20)6-22-14(21)7-3-11(17)13(18)19-5-7/h1-5H,6H2. The van der Waals surface area contributed by atoms with E-state index in [4.69, 9.17) is 51.1 Å². The molecule has 1 aromatic carbocycles. The molecule has 1 heterocycles. The fraction of sp³-hybridized carbons (Fsp3) is 0.0714. The van der Waals surface area contributed by atoms with Gasteiger partial charge < -0.3 is 4.74 Å². The van der Waals surface area contributed by atoms with Crippen LogP contribution in [-0.2, 0) is 4.74 Å². The third-order valence-electron chi connectivity index (χ3n) is 2.60. The van der Waals surface area contributed by atoms with Crippen LogP contribution in [0.2, 0.25) is 20.2 Å². The third kappa shape index (κ3) is 4.11. The molecule has 0 fully saturated rings. The molecule has 4 nitrogen and oxygen atoms in total. The number of carbonyl (C=O) groups is 2. The molecule has 0 spiro atoms. The monoisotopic (exact) mass is 377 g/mol. The average Bonchev–Trinajstić information content (AvgIpc) is 2.49. The van der Waals surface area contributed by atoms with E-state index in [1.807, 2.05) is 0 Å². The summed E-state index contributed by atoms with van der Waals surface area (Å²) in [4.78, 5) is 27.5. The maximum Gasteiger partial charge on any atom is 0.340 e. The number of carbonyl (C=O) groups excluding carboxylic acids is 2. The van der Waals surface area contributed by atoms with Crippen LogP contribution >= 0.6 is 46.4 Å². The van der Waals surface area contributed by atoms with E-state index in [9.17, 15) is 9.59 Å². The van der Waals surface area contributed by atoms with Gasteiger partial charge in [0, 0.05) is 16.8 Å². The predicted molar refractivity (Wildman–Crippen MR) is 85.3 cm³/mol. The van der Waals surface area contributed by atoms with Crippen molar-refractivity contribution < 1.29 is 14.3 Å². The molecule has 0 aliphatic heterocycles. The van der Waals surface area contributed by atoms with Crippen LogP contribution in [-0.4, -0.2) is 23.3 Å². The summed E-state index contributed by atoms with van der Waals surface area (Å²) in [5.74, 6) is -1.23. The Balaban J connectivity index is 2.05. The summed E-state index contributed by atoms with van der Waals surface area (Å²) >= 11 is 23.1. The van der Waals surface area contributed by atoms with E-state index in [-0.39, 0.29) is 26.3 Å². The molecule has 0 bridgehead atoms. The number of Topliss-reactive ketones (excluding diaryl/α,β-unsaturated/α-hetero) is 1. The Labute approximate surface area is 145 Å². The number of pyridine rings is 1. The Kier molecular flexibility index (Phi) is 5.64. The van der Waals surface area contributed by atoms with E-state index in [0.717, 1.165) is 0 Å². The number of esters is 1. The Morgan fingerprint density at radius 2 is 1.77 bits per heavy atom. The number of nitrogens with zero attached hydrogens (tertiary/aromatic N) is 1. The van der Waals surface area contributed by atoms with Gasteiger partial charge in [0.15, 0.2) is 6.61 Å². The summed E-state index contributed by atoms with van der Waals surface area (Å²) in [6, 6.07) is 5.74. The summed E-state index contributed by atoms with van der Waals surface area (Å²) in [7, 11) is 0. The van der Waals surface area contributed by atoms with Gasteiger partial charge in [0.05, 0.1) is 15.6 Å². The highest BCUT2D eigenvalue weighted by Crippen LogP contribution is 2.22. The van der Waals surface area contributed by atoms with Crippen molar-refractivity contribution in [1.29, 1.82) is 0 Å². The van der Waals surface area contributed by atoms with Gasteiger partial charge in [0.2, 0.25) is 5.78 Å². The minimum atomic E-state index is -0.752. The van der Waals surface area contributed by atoms with Crippen molar-refractivity contribution in [1.82, 2.24) is 4.98 Å². The van der Waals surface area contributed by atoms with Crippen molar-refractivity contribution in [3.63, 3.8) is 0 Å². The van der Waals surface area contributed by atoms with Crippen LogP contribution in [0.1, 0.15) is 20.7 Å². The lowest BCUT2D eigenvalue weighted by molar-refractivity contribution is 0.0474. The molecule has 0 saturated carbocycles. The van der Waals surface area contributed by atoms with Crippen LogP contribution in [0.25, 0.3) is 0 Å². The first-order chi connectivity index (χ1) is 10.4. The molecule has 114 valence electrons. The minimum Gasteiger partial charge on any atom is -0.454 e. The summed E-state index contributed by atoms with van der Waals surface area (Å²) in [6.07, 6.45) is 1.20. The lowest BCUT2D eigenvalue weighted by atomic mass is 10.1. The number of rotatable bonds is 4. The number of halogens is 4. The summed E-state index contributed by atoms with van der Waals surface area (Å²) in [6.45, 7) is -0.487. The average molecular weight is 379 g/mol. The fourth-order valence-corrected chi connectivity index (χ4v) is 2.20. The van der Waals surface area contributed by atoms with Crippen molar-refractivity contribution >= 4 is 58.2 Å². The first kappa shape index (κ1) is 17.0. The van der Waals surface area contributed by atoms with E-state index < -0.39 is 18.4 Å². The summed E-state index contributed by atoms with van der Waals surface area (Å²) in [5, 5.41) is 0.759. The molecule has 0 amide bonds. The Hall–Kier alpha value is -1.33. The van der Waals surface area contributed by atoms with E-state index >= 15 is 0 Å². The quantitative estimate of drug-likeness (QED) is 0.438. The largest absolute Gasteiger partial charge is 0.454 e. The predicted octanol–water partition coefficient (Wildman–Crippen LogP) is 4.73. The van der Waals surface area contributed by atoms with E-state index in [1.165, 1.54) is 24.4 Å². The van der Waals surface area contributed by atoms with Gasteiger partial charge in [-0.25, -0.2) is 9.78 Å². The number of ketones is 1. The second-order valence-corrected chi connectivity index (χ2v) is 5.73. The minimum absolute atomic E-state index is 0.0694. The summed E-state index contributed by atoms with van der Waals surface area (Å²) in [5.41, 5.74) is 0.258.